The van der Waals surface area contributed by atoms with E-state index in [0.29, 0.717) is 45.1 Å². The summed E-state index contributed by atoms with van der Waals surface area (Å²) in [6.07, 6.45) is 1.19. The Bertz CT molecular complexity index is 3470. The minimum atomic E-state index is -1.12. The minimum Gasteiger partial charge on any atom is -0.505 e. The quantitative estimate of drug-likeness (QED) is 0.0277. The van der Waals surface area contributed by atoms with Crippen LogP contribution >= 0.6 is 31.9 Å². The molecule has 0 saturated heterocycles. The Labute approximate surface area is 531 Å². The molecule has 6 aromatic rings. The predicted octanol–water partition coefficient (Wildman–Crippen LogP) is 12.3. The molecule has 3 fully saturated rings. The Morgan fingerprint density at radius 1 is 0.494 bits per heavy atom. The molecule has 0 spiro atoms. The summed E-state index contributed by atoms with van der Waals surface area (Å²) >= 11 is 6.24. The number of carboxylic acids is 1. The van der Waals surface area contributed by atoms with E-state index in [0.717, 1.165) is 23.8 Å². The monoisotopic (exact) mass is 1370 g/mol. The summed E-state index contributed by atoms with van der Waals surface area (Å²) in [7, 11) is 4.95. The molecule has 3 radical (unpaired) electrons. The molecule has 9 rings (SSSR count). The highest BCUT2D eigenvalue weighted by atomic mass is 79.9. The Kier molecular flexibility index (Phi) is 27.3. The van der Waals surface area contributed by atoms with Crippen LogP contribution in [0.5, 0.6) is 28.7 Å². The summed E-state index contributed by atoms with van der Waals surface area (Å²) in [5.74, 6) is -10.4. The number of hydrogen-bond donors (Lipinski definition) is 5. The average Bonchev–Trinajstić information content (AvgIpc) is 1.61. The van der Waals surface area contributed by atoms with Gasteiger partial charge >= 0.3 is 35.8 Å². The van der Waals surface area contributed by atoms with Crippen LogP contribution in [0.1, 0.15) is 71.1 Å². The third-order valence-electron chi connectivity index (χ3n) is 14.1. The van der Waals surface area contributed by atoms with Crippen LogP contribution in [-0.2, 0) is 78.3 Å². The van der Waals surface area contributed by atoms with Crippen LogP contribution in [0.2, 0.25) is 0 Å². The van der Waals surface area contributed by atoms with Gasteiger partial charge in [0.1, 0.15) is 12.2 Å². The number of phenols is 4. The van der Waals surface area contributed by atoms with Gasteiger partial charge in [0.15, 0.2) is 57.8 Å². The zero-order valence-electron chi connectivity index (χ0n) is 48.6. The van der Waals surface area contributed by atoms with Gasteiger partial charge in [0.05, 0.1) is 62.4 Å². The van der Waals surface area contributed by atoms with Crippen molar-refractivity contribution in [2.75, 3.05) is 28.4 Å². The third kappa shape index (κ3) is 20.2. The molecular formula is C64H69BBr2F5O17. The number of esters is 5. The Balaban J connectivity index is 0.000000388. The number of carbonyl (C=O) groups excluding carboxylic acids is 5. The smallest absolute Gasteiger partial charge is 0.313 e. The van der Waals surface area contributed by atoms with Gasteiger partial charge in [-0.1, -0.05) is 87.8 Å². The van der Waals surface area contributed by atoms with Crippen molar-refractivity contribution in [3.8, 4) is 28.7 Å². The fourth-order valence-electron chi connectivity index (χ4n) is 9.34. The van der Waals surface area contributed by atoms with Crippen molar-refractivity contribution in [1.29, 1.82) is 0 Å². The molecule has 0 aliphatic heterocycles. The highest BCUT2D eigenvalue weighted by Crippen LogP contribution is 2.58. The van der Waals surface area contributed by atoms with E-state index in [2.05, 4.69) is 41.3 Å². The van der Waals surface area contributed by atoms with Gasteiger partial charge in [0.2, 0.25) is 0 Å². The maximum Gasteiger partial charge on any atom is 0.313 e. The fraction of sp³-hybridized carbons (Fsp3) is 0.344. The predicted molar refractivity (Wildman–Crippen MR) is 324 cm³/mol. The highest BCUT2D eigenvalue weighted by molar-refractivity contribution is 9.10. The first-order chi connectivity index (χ1) is 40.9. The summed E-state index contributed by atoms with van der Waals surface area (Å²) < 4.78 is 96.6. The molecule has 6 aromatic carbocycles. The lowest BCUT2D eigenvalue weighted by Crippen LogP contribution is -2.30. The van der Waals surface area contributed by atoms with Gasteiger partial charge in [-0.2, -0.15) is 0 Å². The van der Waals surface area contributed by atoms with E-state index in [9.17, 15) is 55.8 Å². The molecule has 17 nitrogen and oxygen atoms in total. The molecule has 0 bridgehead atoms. The van der Waals surface area contributed by atoms with Gasteiger partial charge in [-0.3, -0.25) is 28.8 Å². The number of phenolic OH excluding ortho intramolecular Hbond substituents is 4. The number of halogens is 7. The molecule has 6 atom stereocenters. The van der Waals surface area contributed by atoms with Crippen molar-refractivity contribution in [3.63, 3.8) is 0 Å². The van der Waals surface area contributed by atoms with Crippen LogP contribution in [0.4, 0.5) is 22.0 Å². The van der Waals surface area contributed by atoms with E-state index >= 15 is 0 Å². The van der Waals surface area contributed by atoms with Gasteiger partial charge in [-0.25, -0.2) is 22.0 Å². The molecule has 0 heterocycles. The lowest BCUT2D eigenvalue weighted by atomic mass is 9.93. The summed E-state index contributed by atoms with van der Waals surface area (Å²) in [5, 5.41) is 45.1. The second kappa shape index (κ2) is 32.3. The second-order valence-corrected chi connectivity index (χ2v) is 23.3. The topological polar surface area (TPSA) is 259 Å². The Morgan fingerprint density at radius 3 is 1.17 bits per heavy atom. The van der Waals surface area contributed by atoms with Crippen molar-refractivity contribution in [1.82, 2.24) is 0 Å². The van der Waals surface area contributed by atoms with E-state index in [1.54, 1.807) is 39.0 Å². The number of rotatable bonds is 15. The maximum absolute atomic E-state index is 13.5. The van der Waals surface area contributed by atoms with Crippen LogP contribution in [0.15, 0.2) is 130 Å². The van der Waals surface area contributed by atoms with E-state index in [-0.39, 0.29) is 60.3 Å². The number of aliphatic carboxylic acids is 1. The molecule has 25 heteroatoms. The first kappa shape index (κ1) is 75.1. The van der Waals surface area contributed by atoms with Crippen molar-refractivity contribution in [2.24, 2.45) is 34.0 Å². The lowest BCUT2D eigenvalue weighted by molar-refractivity contribution is -0.161. The fourth-order valence-corrected chi connectivity index (χ4v) is 10.0. The van der Waals surface area contributed by atoms with Crippen molar-refractivity contribution >= 4 is 76.1 Å². The van der Waals surface area contributed by atoms with Crippen LogP contribution < -0.4 is 4.74 Å². The highest BCUT2D eigenvalue weighted by Gasteiger charge is 2.67. The zero-order valence-corrected chi connectivity index (χ0v) is 51.8. The van der Waals surface area contributed by atoms with Gasteiger partial charge in [0.25, 0.3) is 0 Å². The molecule has 3 aliphatic rings. The number of ether oxygens (including phenoxy) is 6. The number of carboxylic acid groups (broad SMARTS) is 1. The standard InChI is InChI=1S/C17H21FO5.C14H15FO5.C13H10BrFO.C13H13FO5.C6H4BrFO.CH4.B.H2/c1-16(2,3)23-14(20)11-9-17(11,15(21)22-4)8-10-5-6-13(19)12(18)7-10;1-19-12(17)9-7-14(9,13(18)20-2)6-8-3-4-11(16)10(15)5-8;14-11-6-7-13(12(15)8-11)16-9-10-4-2-1-3-5-10;1-19-12(18)13(6-8(13)11(16)17)5-7-2-3-10(15)9(14)4-7;7-4-1-2-6(9)5(8)3-4;;;/h5-7,11,19H,8-9H2,1-4H3;3-5,9,16H,6-7H2,1-2H3;1-8H,9H2;2-4,8,15H,5-6H2,1H3,(H,16,17);1-3,9H;1H4;;1H/t11?,17-;9?,14-;;8?,13-;;;;/m00.0..../s1/i;;;;;;;1+1. The van der Waals surface area contributed by atoms with Crippen molar-refractivity contribution in [3.05, 3.63) is 182 Å². The molecule has 0 amide bonds. The van der Waals surface area contributed by atoms with Crippen LogP contribution in [0, 0.1) is 63.1 Å². The molecule has 3 unspecified atom stereocenters. The minimum absolute atomic E-state index is 0. The molecule has 479 valence electrons. The number of carbonyl (C=O) groups is 6. The zero-order chi connectivity index (χ0) is 64.8. The van der Waals surface area contributed by atoms with Crippen LogP contribution in [0.3, 0.4) is 0 Å². The first-order valence-electron chi connectivity index (χ1n) is 26.4. The Hall–Kier alpha value is -8.19. The summed E-state index contributed by atoms with van der Waals surface area (Å²) in [6.45, 7) is 5.63. The molecular weight excluding hydrogens is 1310 g/mol. The normalized spacial score (nSPS) is 19.5. The van der Waals surface area contributed by atoms with Gasteiger partial charge in [0, 0.05) is 18.8 Å². The van der Waals surface area contributed by atoms with E-state index in [1.165, 1.54) is 83.0 Å². The number of aromatic hydroxyl groups is 4. The molecule has 0 aromatic heterocycles. The van der Waals surface area contributed by atoms with E-state index < -0.39 is 116 Å². The van der Waals surface area contributed by atoms with Crippen LogP contribution in [-0.4, -0.2) is 104 Å². The van der Waals surface area contributed by atoms with E-state index in [4.69, 9.17) is 39.4 Å². The largest absolute Gasteiger partial charge is 0.505 e. The van der Waals surface area contributed by atoms with Gasteiger partial charge < -0.3 is 54.0 Å². The first-order valence-corrected chi connectivity index (χ1v) is 27.9. The molecule has 89 heavy (non-hydrogen) atoms. The molecule has 3 saturated carbocycles. The van der Waals surface area contributed by atoms with E-state index in [1.807, 2.05) is 30.3 Å². The summed E-state index contributed by atoms with van der Waals surface area (Å²) in [5.41, 5.74) is -1.30. The second-order valence-electron chi connectivity index (χ2n) is 21.4. The summed E-state index contributed by atoms with van der Waals surface area (Å²) in [4.78, 5) is 70.6. The van der Waals surface area contributed by atoms with Crippen molar-refractivity contribution < 1.29 is 106 Å². The molecule has 5 N–H and O–H groups in total. The van der Waals surface area contributed by atoms with Crippen molar-refractivity contribution in [2.45, 2.75) is 78.9 Å². The van der Waals surface area contributed by atoms with Gasteiger partial charge in [-0.05, 0) is 154 Å². The van der Waals surface area contributed by atoms with Crippen LogP contribution in [0.25, 0.3) is 0 Å². The number of methoxy groups -OCH3 is 4. The maximum atomic E-state index is 13.5. The Morgan fingerprint density at radius 2 is 0.843 bits per heavy atom. The van der Waals surface area contributed by atoms with Gasteiger partial charge in [-0.15, -0.1) is 0 Å². The number of benzene rings is 6. The number of hydrogen-bond acceptors (Lipinski definition) is 16. The molecule has 3 aliphatic carbocycles. The summed E-state index contributed by atoms with van der Waals surface area (Å²) in [6, 6.07) is 30.0. The lowest BCUT2D eigenvalue weighted by Gasteiger charge is -2.21. The average molecular weight is 1380 g/mol. The third-order valence-corrected chi connectivity index (χ3v) is 15.1. The SMILES string of the molecule is C.COC(=O)C1C[C@]1(Cc1ccc(O)c(F)c1)C(=O)OC.COC(=O)[C@@]1(Cc2ccc(O)c(F)c2)CC1C(=O)O.COC(=O)[C@@]1(Cc2ccc(O)c(F)c2)CC1C(=O)OC(C)(C)C.Fc1cc(Br)ccc1OCc1ccccc1.Oc1ccc(Br)cc1F.[2HH].[B].